The zero-order valence-corrected chi connectivity index (χ0v) is 14.4. The summed E-state index contributed by atoms with van der Waals surface area (Å²) in [4.78, 5) is 4.35. The highest BCUT2D eigenvalue weighted by molar-refractivity contribution is 5.68. The van der Waals surface area contributed by atoms with E-state index in [1.165, 1.54) is 6.07 Å². The number of benzene rings is 2. The van der Waals surface area contributed by atoms with Gasteiger partial charge in [-0.05, 0) is 36.4 Å². The van der Waals surface area contributed by atoms with E-state index in [2.05, 4.69) is 16.2 Å². The topological polar surface area (TPSA) is 54.5 Å². The van der Waals surface area contributed by atoms with E-state index in [0.29, 0.717) is 16.8 Å². The lowest BCUT2D eigenvalue weighted by atomic mass is 10.1. The molecule has 4 aromatic rings. The largest absolute Gasteiger partial charge is 0.260 e. The average Bonchev–Trinajstić information content (AvgIpc) is 3.14. The predicted octanol–water partition coefficient (Wildman–Crippen LogP) is 4.67. The van der Waals surface area contributed by atoms with Crippen LogP contribution in [-0.2, 0) is 6.54 Å². The molecule has 0 N–H and O–H groups in total. The van der Waals surface area contributed by atoms with Crippen LogP contribution in [0.5, 0.6) is 0 Å². The van der Waals surface area contributed by atoms with Crippen molar-refractivity contribution in [3.8, 4) is 28.7 Å². The van der Waals surface area contributed by atoms with Gasteiger partial charge in [0.15, 0.2) is 0 Å². The number of hydrogen-bond donors (Lipinski definition) is 0. The van der Waals surface area contributed by atoms with Crippen LogP contribution in [0.25, 0.3) is 22.6 Å². The third kappa shape index (κ3) is 3.46. The van der Waals surface area contributed by atoms with E-state index in [-0.39, 0.29) is 12.4 Å². The fourth-order valence-corrected chi connectivity index (χ4v) is 2.95. The monoisotopic (exact) mass is 354 g/mol. The second kappa shape index (κ2) is 7.22. The molecule has 2 heterocycles. The van der Waals surface area contributed by atoms with Crippen LogP contribution in [0.15, 0.2) is 79.0 Å². The van der Waals surface area contributed by atoms with Gasteiger partial charge in [0.1, 0.15) is 11.5 Å². The highest BCUT2D eigenvalue weighted by Gasteiger charge is 2.14. The van der Waals surface area contributed by atoms with E-state index in [1.807, 2.05) is 36.4 Å². The Morgan fingerprint density at radius 3 is 2.56 bits per heavy atom. The van der Waals surface area contributed by atoms with Crippen molar-refractivity contribution >= 4 is 0 Å². The number of nitrogens with zero attached hydrogens (tertiary/aromatic N) is 4. The van der Waals surface area contributed by atoms with Crippen LogP contribution in [0.3, 0.4) is 0 Å². The van der Waals surface area contributed by atoms with Gasteiger partial charge in [-0.1, -0.05) is 36.4 Å². The van der Waals surface area contributed by atoms with Crippen molar-refractivity contribution in [2.24, 2.45) is 0 Å². The lowest BCUT2D eigenvalue weighted by Crippen LogP contribution is -2.05. The highest BCUT2D eigenvalue weighted by Crippen LogP contribution is 2.27. The first kappa shape index (κ1) is 16.7. The predicted molar refractivity (Wildman–Crippen MR) is 101 cm³/mol. The molecule has 0 bridgehead atoms. The molecule has 27 heavy (non-hydrogen) atoms. The van der Waals surface area contributed by atoms with Gasteiger partial charge < -0.3 is 0 Å². The Hall–Kier alpha value is -3.78. The van der Waals surface area contributed by atoms with Gasteiger partial charge in [0.05, 0.1) is 29.6 Å². The molecule has 130 valence electrons. The van der Waals surface area contributed by atoms with Crippen LogP contribution in [0.2, 0.25) is 0 Å². The first-order valence-corrected chi connectivity index (χ1v) is 8.48. The Morgan fingerprint density at radius 1 is 0.926 bits per heavy atom. The highest BCUT2D eigenvalue weighted by atomic mass is 19.1. The maximum absolute atomic E-state index is 14.2. The summed E-state index contributed by atoms with van der Waals surface area (Å²) in [6, 6.07) is 23.6. The summed E-state index contributed by atoms with van der Waals surface area (Å²) >= 11 is 0. The van der Waals surface area contributed by atoms with Crippen molar-refractivity contribution in [1.82, 2.24) is 14.8 Å². The second-order valence-electron chi connectivity index (χ2n) is 6.07. The normalized spacial score (nSPS) is 10.5. The lowest BCUT2D eigenvalue weighted by molar-refractivity contribution is 0.587. The third-order valence-corrected chi connectivity index (χ3v) is 4.27. The molecule has 0 spiro atoms. The Balaban J connectivity index is 1.84. The van der Waals surface area contributed by atoms with Crippen molar-refractivity contribution < 1.29 is 4.39 Å². The van der Waals surface area contributed by atoms with Crippen molar-refractivity contribution in [2.45, 2.75) is 6.54 Å². The molecular formula is C22H15FN4. The summed E-state index contributed by atoms with van der Waals surface area (Å²) in [5, 5.41) is 13.9. The minimum atomic E-state index is -0.274. The van der Waals surface area contributed by atoms with Gasteiger partial charge >= 0.3 is 0 Å². The van der Waals surface area contributed by atoms with E-state index in [1.54, 1.807) is 41.2 Å². The third-order valence-electron chi connectivity index (χ3n) is 4.27. The Kier molecular flexibility index (Phi) is 4.46. The molecule has 4 rings (SSSR count). The Morgan fingerprint density at radius 2 is 1.78 bits per heavy atom. The summed E-state index contributed by atoms with van der Waals surface area (Å²) < 4.78 is 15.9. The maximum atomic E-state index is 14.2. The molecule has 0 saturated carbocycles. The van der Waals surface area contributed by atoms with E-state index in [4.69, 9.17) is 0 Å². The van der Waals surface area contributed by atoms with Crippen LogP contribution < -0.4 is 0 Å². The van der Waals surface area contributed by atoms with Crippen molar-refractivity contribution in [3.05, 3.63) is 95.9 Å². The van der Waals surface area contributed by atoms with Gasteiger partial charge in [0.25, 0.3) is 0 Å². The molecule has 0 amide bonds. The Bertz CT molecular complexity index is 1130. The average molecular weight is 354 g/mol. The van der Waals surface area contributed by atoms with Gasteiger partial charge in [-0.25, -0.2) is 4.39 Å². The second-order valence-corrected chi connectivity index (χ2v) is 6.07. The molecular weight excluding hydrogens is 339 g/mol. The van der Waals surface area contributed by atoms with Gasteiger partial charge in [-0.3, -0.25) is 9.67 Å². The summed E-state index contributed by atoms with van der Waals surface area (Å²) in [6.07, 6.45) is 1.71. The van der Waals surface area contributed by atoms with Crippen molar-refractivity contribution in [3.63, 3.8) is 0 Å². The molecule has 0 aliphatic rings. The fourth-order valence-electron chi connectivity index (χ4n) is 2.95. The van der Waals surface area contributed by atoms with E-state index in [9.17, 15) is 9.65 Å². The minimum Gasteiger partial charge on any atom is -0.260 e. The summed E-state index contributed by atoms with van der Waals surface area (Å²) in [7, 11) is 0. The van der Waals surface area contributed by atoms with Crippen LogP contribution >= 0.6 is 0 Å². The molecule has 0 atom stereocenters. The van der Waals surface area contributed by atoms with Crippen molar-refractivity contribution in [2.75, 3.05) is 0 Å². The Labute approximate surface area is 156 Å². The zero-order valence-electron chi connectivity index (χ0n) is 14.4. The SMILES string of the molecule is N#Cc1cccc(-c2cc(-c3ccccn3)nn2Cc2ccccc2F)c1. The molecule has 4 nitrogen and oxygen atoms in total. The maximum Gasteiger partial charge on any atom is 0.128 e. The molecule has 0 fully saturated rings. The first-order valence-electron chi connectivity index (χ1n) is 8.48. The number of rotatable bonds is 4. The number of halogens is 1. The van der Waals surface area contributed by atoms with Crippen LogP contribution in [0.4, 0.5) is 4.39 Å². The summed E-state index contributed by atoms with van der Waals surface area (Å²) in [5.74, 6) is -0.274. The standard InChI is InChI=1S/C22H15FN4/c23-19-9-2-1-7-18(19)15-27-22(17-8-5-6-16(12-17)14-24)13-21(26-27)20-10-3-4-11-25-20/h1-13H,15H2. The van der Waals surface area contributed by atoms with Crippen molar-refractivity contribution in [1.29, 1.82) is 5.26 Å². The van der Waals surface area contributed by atoms with Crippen LogP contribution in [0.1, 0.15) is 11.1 Å². The molecule has 0 radical (unpaired) electrons. The number of nitriles is 1. The molecule has 2 aromatic carbocycles. The molecule has 0 unspecified atom stereocenters. The number of aromatic nitrogens is 3. The van der Waals surface area contributed by atoms with Gasteiger partial charge in [0.2, 0.25) is 0 Å². The molecule has 0 aliphatic carbocycles. The molecule has 0 aliphatic heterocycles. The summed E-state index contributed by atoms with van der Waals surface area (Å²) in [5.41, 5.74) is 4.19. The van der Waals surface area contributed by atoms with Gasteiger partial charge in [-0.2, -0.15) is 10.4 Å². The van der Waals surface area contributed by atoms with E-state index >= 15 is 0 Å². The minimum absolute atomic E-state index is 0.274. The van der Waals surface area contributed by atoms with Gasteiger partial charge in [-0.15, -0.1) is 0 Å². The van der Waals surface area contributed by atoms with Crippen LogP contribution in [-0.4, -0.2) is 14.8 Å². The quantitative estimate of drug-likeness (QED) is 0.535. The zero-order chi connectivity index (χ0) is 18.6. The first-order chi connectivity index (χ1) is 13.2. The van der Waals surface area contributed by atoms with Gasteiger partial charge in [0, 0.05) is 17.3 Å². The van der Waals surface area contributed by atoms with E-state index in [0.717, 1.165) is 17.0 Å². The molecule has 5 heteroatoms. The summed E-state index contributed by atoms with van der Waals surface area (Å²) in [6.45, 7) is 0.283. The number of pyridine rings is 1. The van der Waals surface area contributed by atoms with Crippen LogP contribution in [0, 0.1) is 17.1 Å². The number of hydrogen-bond acceptors (Lipinski definition) is 3. The fraction of sp³-hybridized carbons (Fsp3) is 0.0455. The molecule has 0 saturated heterocycles. The molecule has 2 aromatic heterocycles. The smallest absolute Gasteiger partial charge is 0.128 e. The van der Waals surface area contributed by atoms with E-state index < -0.39 is 0 Å². The lowest BCUT2D eigenvalue weighted by Gasteiger charge is -2.09.